The van der Waals surface area contributed by atoms with Gasteiger partial charge in [0.2, 0.25) is 0 Å². The van der Waals surface area contributed by atoms with Gasteiger partial charge >= 0.3 is 0 Å². The normalized spacial score (nSPS) is 10.4. The Morgan fingerprint density at radius 3 is 1.12 bits per heavy atom. The summed E-state index contributed by atoms with van der Waals surface area (Å²) >= 11 is 0. The molecule has 0 spiro atoms. The summed E-state index contributed by atoms with van der Waals surface area (Å²) in [4.78, 5) is 9.00. The maximum Gasteiger partial charge on any atom is 0.300 e. The van der Waals surface area contributed by atoms with Gasteiger partial charge in [-0.05, 0) is 36.4 Å². The first-order chi connectivity index (χ1) is 11.5. The van der Waals surface area contributed by atoms with E-state index in [4.69, 9.17) is 15.4 Å². The molecule has 0 saturated carbocycles. The van der Waals surface area contributed by atoms with Gasteiger partial charge in [0.25, 0.3) is 5.97 Å². The van der Waals surface area contributed by atoms with Gasteiger partial charge < -0.3 is 5.11 Å². The molecule has 0 aromatic heterocycles. The van der Waals surface area contributed by atoms with Crippen molar-refractivity contribution in [1.29, 1.82) is 0 Å². The predicted molar refractivity (Wildman–Crippen MR) is 103 cm³/mol. The monoisotopic (exact) mass is 338 g/mol. The molecule has 0 fully saturated rings. The summed E-state index contributed by atoms with van der Waals surface area (Å²) in [6.45, 7) is 1.08. The average Bonchev–Trinajstić information content (AvgIpc) is 2.63. The van der Waals surface area contributed by atoms with Gasteiger partial charge in [-0.2, -0.15) is 5.50 Å². The molecule has 0 radical (unpaired) electrons. The summed E-state index contributed by atoms with van der Waals surface area (Å²) in [7, 11) is -2.03. The maximum absolute atomic E-state index is 9.00. The number of carboxylic acid groups (broad SMARTS) is 1. The van der Waals surface area contributed by atoms with Crippen LogP contribution in [-0.2, 0) is 4.79 Å². The fourth-order valence-corrected chi connectivity index (χ4v) is 5.26. The van der Waals surface area contributed by atoms with Crippen LogP contribution in [0, 0.1) is 0 Å². The summed E-state index contributed by atoms with van der Waals surface area (Å²) in [5, 5.41) is 11.0. The van der Waals surface area contributed by atoms with Crippen LogP contribution in [0.1, 0.15) is 6.92 Å². The lowest BCUT2D eigenvalue weighted by Gasteiger charge is -2.21. The number of nitrogens with two attached hydrogens (primary N) is 1. The standard InChI is InChI=1S/C18H17NP.C2H4O2/c19-20(16-10-4-1-5-11-16,17-12-6-2-7-13-17)18-14-8-3-9-15-18;1-2(3)4/h1-15H,19H2;1H3,(H,3,4)/q+1;. The Bertz CT molecular complexity index is 661. The minimum absolute atomic E-state index is 0.833. The van der Waals surface area contributed by atoms with Crippen LogP contribution in [0.4, 0.5) is 0 Å². The van der Waals surface area contributed by atoms with Gasteiger partial charge in [-0.25, -0.2) is 0 Å². The molecule has 0 aliphatic carbocycles. The van der Waals surface area contributed by atoms with E-state index in [-0.39, 0.29) is 0 Å². The molecule has 3 aromatic rings. The molecular formula is C20H21NO2P+. The van der Waals surface area contributed by atoms with Crippen molar-refractivity contribution < 1.29 is 9.90 Å². The van der Waals surface area contributed by atoms with Gasteiger partial charge in [0.15, 0.2) is 7.41 Å². The van der Waals surface area contributed by atoms with Gasteiger partial charge in [0, 0.05) is 6.92 Å². The molecule has 122 valence electrons. The predicted octanol–water partition coefficient (Wildman–Crippen LogP) is 2.95. The lowest BCUT2D eigenvalue weighted by molar-refractivity contribution is -0.134. The zero-order valence-electron chi connectivity index (χ0n) is 13.5. The van der Waals surface area contributed by atoms with Crippen molar-refractivity contribution in [1.82, 2.24) is 0 Å². The molecule has 0 bridgehead atoms. The highest BCUT2D eigenvalue weighted by molar-refractivity contribution is 7.93. The summed E-state index contributed by atoms with van der Waals surface area (Å²) in [5.74, 6) is -0.833. The number of rotatable bonds is 3. The Hall–Kier alpha value is -2.48. The van der Waals surface area contributed by atoms with E-state index in [0.29, 0.717) is 0 Å². The van der Waals surface area contributed by atoms with Crippen LogP contribution in [0.3, 0.4) is 0 Å². The third kappa shape index (κ3) is 4.29. The Kier molecular flexibility index (Phi) is 6.25. The van der Waals surface area contributed by atoms with Gasteiger partial charge in [0.1, 0.15) is 15.9 Å². The molecule has 0 atom stereocenters. The van der Waals surface area contributed by atoms with Gasteiger partial charge in [-0.15, -0.1) is 0 Å². The summed E-state index contributed by atoms with van der Waals surface area (Å²) in [6.07, 6.45) is 0. The van der Waals surface area contributed by atoms with Crippen LogP contribution in [0.2, 0.25) is 0 Å². The Labute approximate surface area is 143 Å². The van der Waals surface area contributed by atoms with Crippen molar-refractivity contribution in [2.24, 2.45) is 5.50 Å². The minimum atomic E-state index is -2.03. The third-order valence-electron chi connectivity index (χ3n) is 3.49. The largest absolute Gasteiger partial charge is 0.481 e. The molecule has 3 aromatic carbocycles. The highest BCUT2D eigenvalue weighted by Crippen LogP contribution is 2.46. The molecule has 4 heteroatoms. The van der Waals surface area contributed by atoms with Gasteiger partial charge in [-0.1, -0.05) is 54.6 Å². The lowest BCUT2D eigenvalue weighted by atomic mass is 10.4. The first kappa shape index (κ1) is 17.9. The highest BCUT2D eigenvalue weighted by atomic mass is 31.2. The van der Waals surface area contributed by atoms with Crippen molar-refractivity contribution >= 4 is 29.3 Å². The van der Waals surface area contributed by atoms with E-state index in [1.165, 1.54) is 15.9 Å². The molecular weight excluding hydrogens is 317 g/mol. The van der Waals surface area contributed by atoms with Crippen LogP contribution in [0.15, 0.2) is 91.0 Å². The molecule has 3 N–H and O–H groups in total. The molecule has 3 rings (SSSR count). The van der Waals surface area contributed by atoms with Crippen LogP contribution in [0.25, 0.3) is 0 Å². The topological polar surface area (TPSA) is 63.3 Å². The van der Waals surface area contributed by atoms with Crippen molar-refractivity contribution in [2.45, 2.75) is 6.92 Å². The minimum Gasteiger partial charge on any atom is -0.481 e. The molecule has 0 aliphatic rings. The third-order valence-corrected chi connectivity index (χ3v) is 6.83. The van der Waals surface area contributed by atoms with Crippen molar-refractivity contribution in [3.63, 3.8) is 0 Å². The second-order valence-corrected chi connectivity index (χ2v) is 8.24. The molecule has 0 unspecified atom stereocenters. The zero-order chi connectivity index (χ0) is 17.4. The smallest absolute Gasteiger partial charge is 0.300 e. The van der Waals surface area contributed by atoms with Crippen molar-refractivity contribution in [3.05, 3.63) is 91.0 Å². The molecule has 24 heavy (non-hydrogen) atoms. The first-order valence-electron chi connectivity index (χ1n) is 7.59. The summed E-state index contributed by atoms with van der Waals surface area (Å²) < 4.78 is 0. The number of carboxylic acids is 1. The van der Waals surface area contributed by atoms with E-state index >= 15 is 0 Å². The fourth-order valence-electron chi connectivity index (χ4n) is 2.44. The van der Waals surface area contributed by atoms with E-state index in [2.05, 4.69) is 72.8 Å². The molecule has 0 saturated heterocycles. The second kappa shape index (κ2) is 8.39. The van der Waals surface area contributed by atoms with Crippen LogP contribution >= 0.6 is 7.41 Å². The van der Waals surface area contributed by atoms with Gasteiger partial charge in [-0.3, -0.25) is 4.79 Å². The van der Waals surface area contributed by atoms with Gasteiger partial charge in [0.05, 0.1) is 0 Å². The van der Waals surface area contributed by atoms with Crippen LogP contribution < -0.4 is 21.4 Å². The summed E-state index contributed by atoms with van der Waals surface area (Å²) in [6, 6.07) is 31.2. The summed E-state index contributed by atoms with van der Waals surface area (Å²) in [5.41, 5.74) is 6.97. The first-order valence-corrected chi connectivity index (χ1v) is 9.45. The number of benzene rings is 3. The van der Waals surface area contributed by atoms with Crippen molar-refractivity contribution in [3.8, 4) is 0 Å². The Morgan fingerprint density at radius 1 is 0.708 bits per heavy atom. The molecule has 0 aliphatic heterocycles. The number of aliphatic carboxylic acids is 1. The van der Waals surface area contributed by atoms with Crippen LogP contribution in [0.5, 0.6) is 0 Å². The van der Waals surface area contributed by atoms with E-state index in [9.17, 15) is 0 Å². The van der Waals surface area contributed by atoms with E-state index in [0.717, 1.165) is 6.92 Å². The van der Waals surface area contributed by atoms with E-state index in [1.54, 1.807) is 0 Å². The van der Waals surface area contributed by atoms with Crippen molar-refractivity contribution in [2.75, 3.05) is 0 Å². The SMILES string of the molecule is CC(=O)O.N[P+](c1ccccc1)(c1ccccc1)c1ccccc1. The zero-order valence-corrected chi connectivity index (χ0v) is 14.4. The Balaban J connectivity index is 0.000000471. The number of hydrogen-bond donors (Lipinski definition) is 2. The maximum atomic E-state index is 9.00. The molecule has 0 heterocycles. The quantitative estimate of drug-likeness (QED) is 0.722. The fraction of sp³-hybridized carbons (Fsp3) is 0.0500. The Morgan fingerprint density at radius 2 is 0.917 bits per heavy atom. The highest BCUT2D eigenvalue weighted by Gasteiger charge is 2.41. The second-order valence-electron chi connectivity index (χ2n) is 5.25. The lowest BCUT2D eigenvalue weighted by Crippen LogP contribution is -2.36. The molecule has 3 nitrogen and oxygen atoms in total. The van der Waals surface area contributed by atoms with Crippen LogP contribution in [-0.4, -0.2) is 11.1 Å². The number of carbonyl (C=O) groups is 1. The number of hydrogen-bond acceptors (Lipinski definition) is 2. The molecule has 0 amide bonds. The van der Waals surface area contributed by atoms with E-state index in [1.807, 2.05) is 18.2 Å². The van der Waals surface area contributed by atoms with E-state index < -0.39 is 13.4 Å². The average molecular weight is 338 g/mol.